The van der Waals surface area contributed by atoms with Crippen LogP contribution in [0.25, 0.3) is 0 Å². The van der Waals surface area contributed by atoms with Gasteiger partial charge >= 0.3 is 0 Å². The maximum Gasteiger partial charge on any atom is 0.0654 e. The monoisotopic (exact) mass is 235 g/mol. The molecular formula is C12H17N3S. The van der Waals surface area contributed by atoms with E-state index >= 15 is 0 Å². The van der Waals surface area contributed by atoms with Gasteiger partial charge < -0.3 is 10.6 Å². The molecular weight excluding hydrogens is 218 g/mol. The van der Waals surface area contributed by atoms with Crippen LogP contribution in [0.4, 0.5) is 0 Å². The normalized spacial score (nSPS) is 13.1. The molecule has 3 nitrogen and oxygen atoms in total. The Bertz CT molecular complexity index is 388. The van der Waals surface area contributed by atoms with Gasteiger partial charge in [-0.2, -0.15) is 0 Å². The number of likely N-dealkylation sites (N-methyl/N-ethyl adjacent to an activating group) is 1. The number of aryl methyl sites for hydroxylation is 1. The largest absolute Gasteiger partial charge is 0.390 e. The molecule has 1 rings (SSSR count). The summed E-state index contributed by atoms with van der Waals surface area (Å²) in [4.78, 5) is 4.51. The number of pyridine rings is 1. The fourth-order valence-electron chi connectivity index (χ4n) is 1.50. The summed E-state index contributed by atoms with van der Waals surface area (Å²) in [6.07, 6.45) is 1.86. The number of hydrogen-bond donors (Lipinski definition) is 2. The summed E-state index contributed by atoms with van der Waals surface area (Å²) in [5.74, 6) is 0.215. The lowest BCUT2D eigenvalue weighted by molar-refractivity contribution is 0.756. The van der Waals surface area contributed by atoms with Gasteiger partial charge in [-0.3, -0.25) is 4.98 Å². The number of aromatic nitrogens is 1. The van der Waals surface area contributed by atoms with Gasteiger partial charge in [-0.15, -0.1) is 0 Å². The second-order valence-corrected chi connectivity index (χ2v) is 3.80. The fraction of sp³-hybridized carbons (Fsp3) is 0.333. The van der Waals surface area contributed by atoms with Crippen molar-refractivity contribution in [3.05, 3.63) is 41.5 Å². The molecule has 0 aliphatic heterocycles. The molecule has 0 amide bonds. The van der Waals surface area contributed by atoms with E-state index in [0.717, 1.165) is 17.1 Å². The first kappa shape index (κ1) is 12.6. The molecule has 0 aliphatic carbocycles. The van der Waals surface area contributed by atoms with E-state index < -0.39 is 0 Å². The van der Waals surface area contributed by atoms with Gasteiger partial charge in [-0.1, -0.05) is 25.2 Å². The summed E-state index contributed by atoms with van der Waals surface area (Å²) in [6.45, 7) is 4.10. The Morgan fingerprint density at radius 1 is 1.50 bits per heavy atom. The molecule has 4 heteroatoms. The molecule has 0 bridgehead atoms. The van der Waals surface area contributed by atoms with Crippen LogP contribution >= 0.6 is 12.2 Å². The van der Waals surface area contributed by atoms with Crippen LogP contribution in [0, 0.1) is 6.92 Å². The van der Waals surface area contributed by atoms with Crippen molar-refractivity contribution in [2.24, 2.45) is 0 Å². The van der Waals surface area contributed by atoms with Crippen molar-refractivity contribution in [3.8, 4) is 0 Å². The van der Waals surface area contributed by atoms with Gasteiger partial charge in [0.1, 0.15) is 0 Å². The van der Waals surface area contributed by atoms with Crippen molar-refractivity contribution in [1.29, 1.82) is 0 Å². The molecule has 16 heavy (non-hydrogen) atoms. The van der Waals surface area contributed by atoms with E-state index in [9.17, 15) is 0 Å². The predicted molar refractivity (Wildman–Crippen MR) is 71.3 cm³/mol. The SMILES string of the molecule is CN/C(=C\NC=S)C(C)c1cccc(C)n1. The van der Waals surface area contributed by atoms with Crippen molar-refractivity contribution >= 4 is 17.7 Å². The molecule has 1 atom stereocenters. The van der Waals surface area contributed by atoms with E-state index in [1.807, 2.05) is 38.4 Å². The van der Waals surface area contributed by atoms with E-state index in [2.05, 4.69) is 22.5 Å². The third-order valence-electron chi connectivity index (χ3n) is 2.42. The minimum Gasteiger partial charge on any atom is -0.390 e. The van der Waals surface area contributed by atoms with E-state index in [4.69, 9.17) is 12.2 Å². The molecule has 1 heterocycles. The molecule has 0 saturated heterocycles. The van der Waals surface area contributed by atoms with Gasteiger partial charge in [0.05, 0.1) is 5.49 Å². The topological polar surface area (TPSA) is 37.0 Å². The number of thiocarbonyl (C=S) groups is 1. The first-order valence-electron chi connectivity index (χ1n) is 5.20. The van der Waals surface area contributed by atoms with Gasteiger partial charge in [0.15, 0.2) is 0 Å². The Morgan fingerprint density at radius 3 is 2.81 bits per heavy atom. The third kappa shape index (κ3) is 3.31. The van der Waals surface area contributed by atoms with Crippen molar-refractivity contribution in [2.75, 3.05) is 7.05 Å². The van der Waals surface area contributed by atoms with Crippen LogP contribution in [0.15, 0.2) is 30.1 Å². The van der Waals surface area contributed by atoms with Gasteiger partial charge in [-0.25, -0.2) is 0 Å². The van der Waals surface area contributed by atoms with E-state index in [0.29, 0.717) is 0 Å². The Kier molecular flexibility index (Phi) is 4.92. The van der Waals surface area contributed by atoms with Crippen molar-refractivity contribution < 1.29 is 0 Å². The smallest absolute Gasteiger partial charge is 0.0654 e. The van der Waals surface area contributed by atoms with Gasteiger partial charge in [0, 0.05) is 36.3 Å². The van der Waals surface area contributed by atoms with Crippen LogP contribution in [-0.2, 0) is 0 Å². The van der Waals surface area contributed by atoms with Crippen LogP contribution in [-0.4, -0.2) is 17.5 Å². The van der Waals surface area contributed by atoms with Crippen LogP contribution in [0.5, 0.6) is 0 Å². The second-order valence-electron chi connectivity index (χ2n) is 3.56. The Balaban J connectivity index is 2.90. The lowest BCUT2D eigenvalue weighted by Gasteiger charge is -2.15. The molecule has 0 fully saturated rings. The van der Waals surface area contributed by atoms with E-state index in [1.165, 1.54) is 5.49 Å². The number of hydrogen-bond acceptors (Lipinski definition) is 3. The zero-order valence-electron chi connectivity index (χ0n) is 9.82. The molecule has 2 N–H and O–H groups in total. The van der Waals surface area contributed by atoms with Crippen LogP contribution in [0.1, 0.15) is 24.2 Å². The lowest BCUT2D eigenvalue weighted by atomic mass is 10.0. The highest BCUT2D eigenvalue weighted by Crippen LogP contribution is 2.19. The first-order chi connectivity index (χ1) is 7.69. The Hall–Kier alpha value is -1.42. The quantitative estimate of drug-likeness (QED) is 0.766. The predicted octanol–water partition coefficient (Wildman–Crippen LogP) is 2.10. The molecule has 0 spiro atoms. The fourth-order valence-corrected chi connectivity index (χ4v) is 1.57. The molecule has 1 unspecified atom stereocenters. The highest BCUT2D eigenvalue weighted by molar-refractivity contribution is 7.78. The molecule has 0 aromatic carbocycles. The minimum atomic E-state index is 0.215. The molecule has 86 valence electrons. The summed E-state index contributed by atoms with van der Waals surface area (Å²) >= 11 is 4.72. The van der Waals surface area contributed by atoms with Crippen LogP contribution < -0.4 is 10.6 Å². The van der Waals surface area contributed by atoms with E-state index in [1.54, 1.807) is 0 Å². The van der Waals surface area contributed by atoms with Gasteiger partial charge in [0.2, 0.25) is 0 Å². The standard InChI is InChI=1S/C12H17N3S/c1-9-5-4-6-11(15-9)10(2)12(13-3)7-14-8-16/h4-8,10,13H,1-3H3,(H,14,16)/b12-7-. The van der Waals surface area contributed by atoms with Crippen LogP contribution in [0.2, 0.25) is 0 Å². The lowest BCUT2D eigenvalue weighted by Crippen LogP contribution is -2.17. The average Bonchev–Trinajstić information content (AvgIpc) is 2.29. The Morgan fingerprint density at radius 2 is 2.25 bits per heavy atom. The summed E-state index contributed by atoms with van der Waals surface area (Å²) in [5.41, 5.74) is 4.61. The summed E-state index contributed by atoms with van der Waals surface area (Å²) in [7, 11) is 1.89. The summed E-state index contributed by atoms with van der Waals surface area (Å²) < 4.78 is 0. The zero-order chi connectivity index (χ0) is 12.0. The molecule has 1 aromatic heterocycles. The molecule has 0 aliphatic rings. The first-order valence-corrected chi connectivity index (χ1v) is 5.67. The summed E-state index contributed by atoms with van der Waals surface area (Å²) in [5, 5.41) is 6.05. The average molecular weight is 235 g/mol. The zero-order valence-corrected chi connectivity index (χ0v) is 10.6. The van der Waals surface area contributed by atoms with Crippen molar-refractivity contribution in [3.63, 3.8) is 0 Å². The van der Waals surface area contributed by atoms with Crippen molar-refractivity contribution in [1.82, 2.24) is 15.6 Å². The maximum absolute atomic E-state index is 4.72. The second kappa shape index (κ2) is 6.23. The highest BCUT2D eigenvalue weighted by Gasteiger charge is 2.11. The maximum atomic E-state index is 4.72. The number of allylic oxidation sites excluding steroid dienone is 1. The highest BCUT2D eigenvalue weighted by atomic mass is 32.1. The number of nitrogens with one attached hydrogen (secondary N) is 2. The molecule has 0 radical (unpaired) electrons. The van der Waals surface area contributed by atoms with E-state index in [-0.39, 0.29) is 5.92 Å². The minimum absolute atomic E-state index is 0.215. The molecule has 1 aromatic rings. The Labute approximate surface area is 102 Å². The number of rotatable bonds is 5. The third-order valence-corrected chi connectivity index (χ3v) is 2.55. The van der Waals surface area contributed by atoms with Crippen LogP contribution in [0.3, 0.4) is 0 Å². The van der Waals surface area contributed by atoms with Crippen molar-refractivity contribution in [2.45, 2.75) is 19.8 Å². The van der Waals surface area contributed by atoms with Gasteiger partial charge in [0.25, 0.3) is 0 Å². The number of nitrogens with zero attached hydrogens (tertiary/aromatic N) is 1. The van der Waals surface area contributed by atoms with Gasteiger partial charge in [-0.05, 0) is 19.1 Å². The summed E-state index contributed by atoms with van der Waals surface area (Å²) in [6, 6.07) is 6.04. The molecule has 0 saturated carbocycles.